The standard InChI is InChI=1S/C19H19N3O3/c1-12(13-8-9-17(24-2)18(10-13)25-3)21-22-19(23)15-11-20-16-7-5-4-6-14(15)16/h4-11,20H,1-3H3,(H,22,23)/b21-12+. The maximum atomic E-state index is 12.4. The summed E-state index contributed by atoms with van der Waals surface area (Å²) in [5, 5.41) is 5.06. The van der Waals surface area contributed by atoms with Crippen molar-refractivity contribution >= 4 is 22.5 Å². The van der Waals surface area contributed by atoms with Crippen molar-refractivity contribution in [3.63, 3.8) is 0 Å². The number of nitrogens with zero attached hydrogens (tertiary/aromatic N) is 1. The maximum absolute atomic E-state index is 12.4. The number of benzene rings is 2. The summed E-state index contributed by atoms with van der Waals surface area (Å²) >= 11 is 0. The van der Waals surface area contributed by atoms with Crippen molar-refractivity contribution in [2.45, 2.75) is 6.92 Å². The summed E-state index contributed by atoms with van der Waals surface area (Å²) in [7, 11) is 3.16. The second-order valence-electron chi connectivity index (χ2n) is 5.46. The van der Waals surface area contributed by atoms with Gasteiger partial charge in [0.15, 0.2) is 11.5 Å². The Morgan fingerprint density at radius 2 is 1.84 bits per heavy atom. The summed E-state index contributed by atoms with van der Waals surface area (Å²) in [6, 6.07) is 13.1. The molecule has 0 saturated heterocycles. The first-order chi connectivity index (χ1) is 12.1. The number of hydrazone groups is 1. The third-order valence-corrected chi connectivity index (χ3v) is 3.96. The monoisotopic (exact) mass is 337 g/mol. The predicted molar refractivity (Wildman–Crippen MR) is 97.5 cm³/mol. The van der Waals surface area contributed by atoms with Gasteiger partial charge in [-0.25, -0.2) is 5.43 Å². The van der Waals surface area contributed by atoms with Crippen LogP contribution in [0.1, 0.15) is 22.8 Å². The van der Waals surface area contributed by atoms with E-state index in [-0.39, 0.29) is 5.91 Å². The number of aromatic amines is 1. The Labute approximate surface area is 145 Å². The quantitative estimate of drug-likeness (QED) is 0.554. The van der Waals surface area contributed by atoms with E-state index in [1.165, 1.54) is 0 Å². The Bertz CT molecular complexity index is 944. The fourth-order valence-electron chi connectivity index (χ4n) is 2.58. The molecule has 0 bridgehead atoms. The van der Waals surface area contributed by atoms with Crippen molar-refractivity contribution < 1.29 is 14.3 Å². The number of aromatic nitrogens is 1. The third kappa shape index (κ3) is 3.33. The summed E-state index contributed by atoms with van der Waals surface area (Å²) in [5.74, 6) is 0.983. The third-order valence-electron chi connectivity index (χ3n) is 3.96. The Morgan fingerprint density at radius 3 is 2.60 bits per heavy atom. The zero-order chi connectivity index (χ0) is 17.8. The summed E-state index contributed by atoms with van der Waals surface area (Å²) in [4.78, 5) is 15.5. The van der Waals surface area contributed by atoms with Crippen LogP contribution in [0.3, 0.4) is 0 Å². The van der Waals surface area contributed by atoms with Gasteiger partial charge in [0.05, 0.1) is 25.5 Å². The van der Waals surface area contributed by atoms with Crippen molar-refractivity contribution in [2.24, 2.45) is 5.10 Å². The summed E-state index contributed by atoms with van der Waals surface area (Å²) in [6.07, 6.45) is 1.68. The van der Waals surface area contributed by atoms with Gasteiger partial charge in [-0.15, -0.1) is 0 Å². The minimum absolute atomic E-state index is 0.266. The first-order valence-electron chi connectivity index (χ1n) is 7.77. The average Bonchev–Trinajstić information content (AvgIpc) is 3.09. The molecule has 0 aliphatic rings. The highest BCUT2D eigenvalue weighted by Gasteiger charge is 2.11. The van der Waals surface area contributed by atoms with Gasteiger partial charge in [-0.1, -0.05) is 18.2 Å². The molecule has 25 heavy (non-hydrogen) atoms. The molecule has 0 radical (unpaired) electrons. The van der Waals surface area contributed by atoms with Crippen LogP contribution in [0.4, 0.5) is 0 Å². The van der Waals surface area contributed by atoms with Crippen LogP contribution in [0.25, 0.3) is 10.9 Å². The van der Waals surface area contributed by atoms with Gasteiger partial charge in [0.1, 0.15) is 0 Å². The lowest BCUT2D eigenvalue weighted by Gasteiger charge is -2.09. The number of para-hydroxylation sites is 1. The van der Waals surface area contributed by atoms with E-state index >= 15 is 0 Å². The van der Waals surface area contributed by atoms with E-state index in [0.29, 0.717) is 22.8 Å². The predicted octanol–water partition coefficient (Wildman–Crippen LogP) is 3.34. The molecule has 0 aliphatic heterocycles. The number of amides is 1. The number of hydrogen-bond acceptors (Lipinski definition) is 4. The lowest BCUT2D eigenvalue weighted by molar-refractivity contribution is 0.0956. The molecule has 0 saturated carbocycles. The lowest BCUT2D eigenvalue weighted by atomic mass is 10.1. The number of carbonyl (C=O) groups is 1. The number of hydrogen-bond donors (Lipinski definition) is 2. The SMILES string of the molecule is COc1ccc(/C(C)=N/NC(=O)c2c[nH]c3ccccc23)cc1OC. The molecule has 128 valence electrons. The molecule has 0 unspecified atom stereocenters. The Kier molecular flexibility index (Phi) is 4.70. The number of methoxy groups -OCH3 is 2. The second-order valence-corrected chi connectivity index (χ2v) is 5.46. The summed E-state index contributed by atoms with van der Waals surface area (Å²) in [5.41, 5.74) is 5.56. The lowest BCUT2D eigenvalue weighted by Crippen LogP contribution is -2.19. The molecule has 0 fully saturated rings. The molecular weight excluding hydrogens is 318 g/mol. The zero-order valence-electron chi connectivity index (χ0n) is 14.3. The topological polar surface area (TPSA) is 75.7 Å². The summed E-state index contributed by atoms with van der Waals surface area (Å²) < 4.78 is 10.5. The average molecular weight is 337 g/mol. The highest BCUT2D eigenvalue weighted by atomic mass is 16.5. The van der Waals surface area contributed by atoms with Crippen molar-refractivity contribution in [3.05, 3.63) is 59.8 Å². The molecule has 2 aromatic carbocycles. The van der Waals surface area contributed by atoms with Crippen LogP contribution in [-0.2, 0) is 0 Å². The molecule has 1 aromatic heterocycles. The molecule has 1 amide bonds. The molecule has 1 heterocycles. The van der Waals surface area contributed by atoms with Crippen molar-refractivity contribution in [1.82, 2.24) is 10.4 Å². The molecule has 0 spiro atoms. The van der Waals surface area contributed by atoms with Crippen LogP contribution >= 0.6 is 0 Å². The molecule has 3 rings (SSSR count). The van der Waals surface area contributed by atoms with Gasteiger partial charge in [0.25, 0.3) is 5.91 Å². The van der Waals surface area contributed by atoms with E-state index in [4.69, 9.17) is 9.47 Å². The first kappa shape index (κ1) is 16.6. The van der Waals surface area contributed by atoms with E-state index in [1.54, 1.807) is 26.5 Å². The Balaban J connectivity index is 1.80. The van der Waals surface area contributed by atoms with E-state index < -0.39 is 0 Å². The Morgan fingerprint density at radius 1 is 1.08 bits per heavy atom. The minimum atomic E-state index is -0.266. The van der Waals surface area contributed by atoms with Crippen LogP contribution in [0.5, 0.6) is 11.5 Å². The van der Waals surface area contributed by atoms with Gasteiger partial charge >= 0.3 is 0 Å². The number of H-pyrrole nitrogens is 1. The first-order valence-corrected chi connectivity index (χ1v) is 7.77. The van der Waals surface area contributed by atoms with E-state index in [1.807, 2.05) is 43.3 Å². The van der Waals surface area contributed by atoms with Crippen LogP contribution in [-0.4, -0.2) is 30.8 Å². The highest BCUT2D eigenvalue weighted by molar-refractivity contribution is 6.07. The van der Waals surface area contributed by atoms with Gasteiger partial charge in [0.2, 0.25) is 0 Å². The maximum Gasteiger partial charge on any atom is 0.273 e. The number of nitrogens with one attached hydrogen (secondary N) is 2. The molecule has 6 nitrogen and oxygen atoms in total. The van der Waals surface area contributed by atoms with E-state index in [9.17, 15) is 4.79 Å². The van der Waals surface area contributed by atoms with Gasteiger partial charge in [-0.3, -0.25) is 4.79 Å². The second kappa shape index (κ2) is 7.09. The summed E-state index contributed by atoms with van der Waals surface area (Å²) in [6.45, 7) is 1.82. The normalized spacial score (nSPS) is 11.4. The molecule has 3 aromatic rings. The van der Waals surface area contributed by atoms with Crippen LogP contribution in [0, 0.1) is 0 Å². The molecular formula is C19H19N3O3. The minimum Gasteiger partial charge on any atom is -0.493 e. The number of carbonyl (C=O) groups excluding carboxylic acids is 1. The largest absolute Gasteiger partial charge is 0.493 e. The van der Waals surface area contributed by atoms with Crippen molar-refractivity contribution in [3.8, 4) is 11.5 Å². The van der Waals surface area contributed by atoms with E-state index in [0.717, 1.165) is 16.5 Å². The molecule has 6 heteroatoms. The van der Waals surface area contributed by atoms with Gasteiger partial charge < -0.3 is 14.5 Å². The molecule has 0 aliphatic carbocycles. The molecule has 2 N–H and O–H groups in total. The number of ether oxygens (including phenoxy) is 2. The fourth-order valence-corrected chi connectivity index (χ4v) is 2.58. The zero-order valence-corrected chi connectivity index (χ0v) is 14.3. The smallest absolute Gasteiger partial charge is 0.273 e. The number of fused-ring (bicyclic) bond motifs is 1. The van der Waals surface area contributed by atoms with Crippen molar-refractivity contribution in [2.75, 3.05) is 14.2 Å². The highest BCUT2D eigenvalue weighted by Crippen LogP contribution is 2.27. The van der Waals surface area contributed by atoms with Crippen LogP contribution in [0.15, 0.2) is 53.8 Å². The van der Waals surface area contributed by atoms with Gasteiger partial charge in [-0.2, -0.15) is 5.10 Å². The Hall–Kier alpha value is -3.28. The van der Waals surface area contributed by atoms with E-state index in [2.05, 4.69) is 15.5 Å². The van der Waals surface area contributed by atoms with Crippen molar-refractivity contribution in [1.29, 1.82) is 0 Å². The van der Waals surface area contributed by atoms with Gasteiger partial charge in [-0.05, 0) is 31.2 Å². The van der Waals surface area contributed by atoms with Crippen LogP contribution in [0.2, 0.25) is 0 Å². The number of rotatable bonds is 5. The van der Waals surface area contributed by atoms with Crippen LogP contribution < -0.4 is 14.9 Å². The molecule has 0 atom stereocenters. The van der Waals surface area contributed by atoms with Gasteiger partial charge in [0, 0.05) is 22.7 Å². The fraction of sp³-hybridized carbons (Fsp3) is 0.158.